The highest BCUT2D eigenvalue weighted by Crippen LogP contribution is 2.04. The fourth-order valence-electron chi connectivity index (χ4n) is 0. The maximum Gasteiger partial charge on any atom is 0.0781 e. The Bertz CT molecular complexity index is 53.6. The summed E-state index contributed by atoms with van der Waals surface area (Å²) < 4.78 is 0. The maximum atomic E-state index is 8.84. The Morgan fingerprint density at radius 2 is 1.57 bits per heavy atom. The van der Waals surface area contributed by atoms with Gasteiger partial charge in [-0.3, -0.25) is 0 Å². The lowest BCUT2D eigenvalue weighted by Crippen LogP contribution is -2.35. The van der Waals surface area contributed by atoms with Crippen LogP contribution in [0.4, 0.5) is 0 Å². The number of hydrogen-bond acceptors (Lipinski definition) is 1. The summed E-state index contributed by atoms with van der Waals surface area (Å²) >= 11 is 0. The Balaban J connectivity index is 3.54. The highest BCUT2D eigenvalue weighted by atomic mass is 28.3. The van der Waals surface area contributed by atoms with E-state index < -0.39 is 8.07 Å². The normalized spacial score (nSPS) is 16.7. The van der Waals surface area contributed by atoms with Gasteiger partial charge in [0, 0.05) is 5.73 Å². The minimum absolute atomic E-state index is 0.313. The quantitative estimate of drug-likeness (QED) is 0.509. The summed E-state index contributed by atoms with van der Waals surface area (Å²) in [5.74, 6) is 0. The molecule has 0 aliphatic heterocycles. The second-order valence-corrected chi connectivity index (χ2v) is 8.28. The minimum Gasteiger partial charge on any atom is -0.397 e. The van der Waals surface area contributed by atoms with E-state index in [1.165, 1.54) is 0 Å². The lowest BCUT2D eigenvalue weighted by atomic mass is 10.9. The molecular weight excluding hydrogens is 104 g/mol. The smallest absolute Gasteiger partial charge is 0.0781 e. The first-order valence-electron chi connectivity index (χ1n) is 2.46. The fourth-order valence-corrected chi connectivity index (χ4v) is 0. The largest absolute Gasteiger partial charge is 0.397 e. The van der Waals surface area contributed by atoms with E-state index in [0.717, 1.165) is 0 Å². The molecule has 7 heavy (non-hydrogen) atoms. The van der Waals surface area contributed by atoms with Crippen LogP contribution in [0.1, 0.15) is 0 Å². The van der Waals surface area contributed by atoms with E-state index in [-0.39, 0.29) is 5.73 Å². The molecule has 0 heterocycles. The van der Waals surface area contributed by atoms with Gasteiger partial charge in [-0.05, 0) is 6.92 Å². The third-order valence-electron chi connectivity index (χ3n) is 1.000. The molecule has 0 aromatic carbocycles. The van der Waals surface area contributed by atoms with Crippen molar-refractivity contribution in [1.29, 1.82) is 0 Å². The van der Waals surface area contributed by atoms with Gasteiger partial charge < -0.3 is 5.11 Å². The zero-order valence-electron chi connectivity index (χ0n) is 5.23. The SMILES string of the molecule is [CH2]C(O)[Si](C)(C)C. The Hall–Kier alpha value is 0.177. The molecule has 1 N–H and O–H groups in total. The van der Waals surface area contributed by atoms with Gasteiger partial charge in [0.1, 0.15) is 0 Å². The Morgan fingerprint density at radius 1 is 1.43 bits per heavy atom. The van der Waals surface area contributed by atoms with E-state index in [4.69, 9.17) is 5.11 Å². The molecule has 43 valence electrons. The van der Waals surface area contributed by atoms with Crippen LogP contribution in [0.15, 0.2) is 0 Å². The van der Waals surface area contributed by atoms with Gasteiger partial charge in [-0.2, -0.15) is 0 Å². The van der Waals surface area contributed by atoms with Crippen molar-refractivity contribution in [3.63, 3.8) is 0 Å². The van der Waals surface area contributed by atoms with Crippen molar-refractivity contribution < 1.29 is 5.11 Å². The number of rotatable bonds is 1. The lowest BCUT2D eigenvalue weighted by Gasteiger charge is -2.18. The van der Waals surface area contributed by atoms with Gasteiger partial charge in [0.05, 0.1) is 8.07 Å². The summed E-state index contributed by atoms with van der Waals surface area (Å²) in [6.45, 7) is 9.79. The molecule has 0 aromatic rings. The van der Waals surface area contributed by atoms with Crippen molar-refractivity contribution in [2.45, 2.75) is 25.4 Å². The summed E-state index contributed by atoms with van der Waals surface area (Å²) in [4.78, 5) is 0. The van der Waals surface area contributed by atoms with Gasteiger partial charge >= 0.3 is 0 Å². The zero-order valence-corrected chi connectivity index (χ0v) is 6.23. The Labute approximate surface area is 46.4 Å². The van der Waals surface area contributed by atoms with Crippen LogP contribution in [0.5, 0.6) is 0 Å². The van der Waals surface area contributed by atoms with Crippen molar-refractivity contribution >= 4 is 8.07 Å². The predicted octanol–water partition coefficient (Wildman–Crippen LogP) is 1.06. The molecule has 0 rings (SSSR count). The van der Waals surface area contributed by atoms with E-state index in [9.17, 15) is 0 Å². The second kappa shape index (κ2) is 1.97. The van der Waals surface area contributed by atoms with Crippen molar-refractivity contribution in [3.05, 3.63) is 6.92 Å². The van der Waals surface area contributed by atoms with Crippen molar-refractivity contribution in [2.24, 2.45) is 0 Å². The van der Waals surface area contributed by atoms with E-state index >= 15 is 0 Å². The standard InChI is InChI=1S/C5H13OSi/c1-5(6)7(2,3)4/h5-6H,1H2,2-4H3. The fraction of sp³-hybridized carbons (Fsp3) is 0.800. The molecule has 1 atom stereocenters. The van der Waals surface area contributed by atoms with Crippen LogP contribution < -0.4 is 0 Å². The molecule has 2 heteroatoms. The topological polar surface area (TPSA) is 20.2 Å². The first-order valence-corrected chi connectivity index (χ1v) is 6.03. The van der Waals surface area contributed by atoms with Crippen LogP contribution >= 0.6 is 0 Å². The molecule has 0 saturated carbocycles. The van der Waals surface area contributed by atoms with Crippen LogP contribution in [-0.4, -0.2) is 18.9 Å². The number of aliphatic hydroxyl groups excluding tert-OH is 1. The molecule has 1 nitrogen and oxygen atoms in total. The van der Waals surface area contributed by atoms with Gasteiger partial charge in [0.25, 0.3) is 0 Å². The first-order chi connectivity index (χ1) is 2.94. The van der Waals surface area contributed by atoms with E-state index in [0.29, 0.717) is 0 Å². The molecule has 0 aromatic heterocycles. The van der Waals surface area contributed by atoms with Gasteiger partial charge in [0.15, 0.2) is 0 Å². The second-order valence-electron chi connectivity index (χ2n) is 2.88. The van der Waals surface area contributed by atoms with Crippen LogP contribution in [0.25, 0.3) is 0 Å². The van der Waals surface area contributed by atoms with E-state index in [1.54, 1.807) is 0 Å². The molecule has 1 unspecified atom stereocenters. The summed E-state index contributed by atoms with van der Waals surface area (Å²) in [6, 6.07) is 0. The van der Waals surface area contributed by atoms with Gasteiger partial charge in [-0.25, -0.2) is 0 Å². The minimum atomic E-state index is -1.29. The average Bonchev–Trinajstić information content (AvgIpc) is 1.31. The summed E-state index contributed by atoms with van der Waals surface area (Å²) in [5.41, 5.74) is -0.313. The highest BCUT2D eigenvalue weighted by Gasteiger charge is 2.19. The molecule has 0 saturated heterocycles. The van der Waals surface area contributed by atoms with Crippen LogP contribution in [0.3, 0.4) is 0 Å². The predicted molar refractivity (Wildman–Crippen MR) is 34.7 cm³/mol. The van der Waals surface area contributed by atoms with E-state index in [2.05, 4.69) is 26.6 Å². The first kappa shape index (κ1) is 7.18. The zero-order chi connectivity index (χ0) is 6.08. The van der Waals surface area contributed by atoms with Crippen molar-refractivity contribution in [3.8, 4) is 0 Å². The molecule has 0 fully saturated rings. The molecule has 0 aliphatic carbocycles. The highest BCUT2D eigenvalue weighted by molar-refractivity contribution is 6.77. The third kappa shape index (κ3) is 2.82. The van der Waals surface area contributed by atoms with Crippen molar-refractivity contribution in [2.75, 3.05) is 0 Å². The summed E-state index contributed by atoms with van der Waals surface area (Å²) in [7, 11) is -1.29. The van der Waals surface area contributed by atoms with Crippen LogP contribution in [0.2, 0.25) is 19.6 Å². The molecule has 0 bridgehead atoms. The van der Waals surface area contributed by atoms with Crippen LogP contribution in [-0.2, 0) is 0 Å². The Kier molecular flexibility index (Phi) is 2.02. The van der Waals surface area contributed by atoms with Crippen molar-refractivity contribution in [1.82, 2.24) is 0 Å². The molecular formula is C5H13OSi. The van der Waals surface area contributed by atoms with Crippen LogP contribution in [0, 0.1) is 6.92 Å². The maximum absolute atomic E-state index is 8.84. The van der Waals surface area contributed by atoms with Gasteiger partial charge in [0.2, 0.25) is 0 Å². The Morgan fingerprint density at radius 3 is 1.57 bits per heavy atom. The average molecular weight is 117 g/mol. The molecule has 1 radical (unpaired) electrons. The lowest BCUT2D eigenvalue weighted by molar-refractivity contribution is 0.289. The van der Waals surface area contributed by atoms with Gasteiger partial charge in [-0.1, -0.05) is 19.6 Å². The number of hydrogen-bond donors (Lipinski definition) is 1. The van der Waals surface area contributed by atoms with E-state index in [1.807, 2.05) is 0 Å². The number of aliphatic hydroxyl groups is 1. The molecule has 0 amide bonds. The molecule has 0 aliphatic rings. The monoisotopic (exact) mass is 117 g/mol. The third-order valence-corrected chi connectivity index (χ3v) is 3.00. The van der Waals surface area contributed by atoms with Gasteiger partial charge in [-0.15, -0.1) is 0 Å². The summed E-state index contributed by atoms with van der Waals surface area (Å²) in [6.07, 6.45) is 0. The molecule has 0 spiro atoms. The summed E-state index contributed by atoms with van der Waals surface area (Å²) in [5, 5.41) is 8.84.